The number of amides is 1. The zero-order chi connectivity index (χ0) is 18.1. The number of nitrogens with zero attached hydrogens (tertiary/aromatic N) is 1. The summed E-state index contributed by atoms with van der Waals surface area (Å²) in [6, 6.07) is 6.02. The molecule has 0 spiro atoms. The monoisotopic (exact) mass is 355 g/mol. The SMILES string of the molecule is CCN1C[C@H]2C[C@@H](CCOc3ccc4[nH]cc(NC(C)=O)c4c3)C[C@H]2C1. The van der Waals surface area contributed by atoms with Crippen molar-refractivity contribution in [1.29, 1.82) is 0 Å². The third-order valence-electron chi connectivity index (χ3n) is 6.13. The quantitative estimate of drug-likeness (QED) is 0.827. The Morgan fingerprint density at radius 1 is 1.31 bits per heavy atom. The van der Waals surface area contributed by atoms with E-state index in [2.05, 4.69) is 22.1 Å². The van der Waals surface area contributed by atoms with E-state index in [0.717, 1.165) is 53.1 Å². The molecule has 4 rings (SSSR count). The van der Waals surface area contributed by atoms with Crippen molar-refractivity contribution < 1.29 is 9.53 Å². The summed E-state index contributed by atoms with van der Waals surface area (Å²) in [5, 5.41) is 3.85. The zero-order valence-corrected chi connectivity index (χ0v) is 15.8. The van der Waals surface area contributed by atoms with E-state index in [1.165, 1.54) is 39.4 Å². The van der Waals surface area contributed by atoms with Gasteiger partial charge in [-0.2, -0.15) is 0 Å². The average molecular weight is 355 g/mol. The van der Waals surface area contributed by atoms with Gasteiger partial charge in [0.1, 0.15) is 5.75 Å². The van der Waals surface area contributed by atoms with Crippen molar-refractivity contribution in [1.82, 2.24) is 9.88 Å². The summed E-state index contributed by atoms with van der Waals surface area (Å²) in [6.07, 6.45) is 5.71. The van der Waals surface area contributed by atoms with Crippen molar-refractivity contribution in [3.05, 3.63) is 24.4 Å². The third-order valence-corrected chi connectivity index (χ3v) is 6.13. The number of nitrogens with one attached hydrogen (secondary N) is 2. The molecular weight excluding hydrogens is 326 g/mol. The minimum absolute atomic E-state index is 0.0642. The van der Waals surface area contributed by atoms with Gasteiger partial charge in [0.05, 0.1) is 12.3 Å². The molecule has 5 nitrogen and oxygen atoms in total. The van der Waals surface area contributed by atoms with Crippen LogP contribution in [0.1, 0.15) is 33.1 Å². The van der Waals surface area contributed by atoms with E-state index >= 15 is 0 Å². The number of fused-ring (bicyclic) bond motifs is 2. The fourth-order valence-corrected chi connectivity index (χ4v) is 4.84. The standard InChI is InChI=1S/C21H29N3O2/c1-3-24-12-16-8-15(9-17(16)13-24)6-7-26-18-4-5-20-19(10-18)21(11-22-20)23-14(2)25/h4-5,10-11,15-17,22H,3,6-9,12-13H2,1-2H3,(H,23,25)/t15-,16-,17+. The average Bonchev–Trinajstić information content (AvgIpc) is 3.28. The molecule has 140 valence electrons. The lowest BCUT2D eigenvalue weighted by Crippen LogP contribution is -2.21. The smallest absolute Gasteiger partial charge is 0.221 e. The largest absolute Gasteiger partial charge is 0.494 e. The van der Waals surface area contributed by atoms with Gasteiger partial charge in [-0.3, -0.25) is 4.79 Å². The van der Waals surface area contributed by atoms with Gasteiger partial charge in [-0.25, -0.2) is 0 Å². The van der Waals surface area contributed by atoms with Gasteiger partial charge in [0.2, 0.25) is 5.91 Å². The zero-order valence-electron chi connectivity index (χ0n) is 15.8. The highest BCUT2D eigenvalue weighted by atomic mass is 16.5. The second-order valence-electron chi connectivity index (χ2n) is 7.94. The lowest BCUT2D eigenvalue weighted by atomic mass is 10.0. The Balaban J connectivity index is 1.31. The second-order valence-corrected chi connectivity index (χ2v) is 7.94. The Bertz CT molecular complexity index is 771. The molecule has 1 amide bonds. The van der Waals surface area contributed by atoms with E-state index in [0.29, 0.717) is 0 Å². The van der Waals surface area contributed by atoms with E-state index in [1.807, 2.05) is 24.4 Å². The molecule has 3 atom stereocenters. The van der Waals surface area contributed by atoms with Crippen LogP contribution in [0.4, 0.5) is 5.69 Å². The van der Waals surface area contributed by atoms with Crippen LogP contribution >= 0.6 is 0 Å². The van der Waals surface area contributed by atoms with Gasteiger partial charge in [-0.05, 0) is 61.8 Å². The molecule has 1 aliphatic heterocycles. The van der Waals surface area contributed by atoms with Crippen molar-refractivity contribution in [2.75, 3.05) is 31.6 Å². The van der Waals surface area contributed by atoms with Crippen LogP contribution in [0, 0.1) is 17.8 Å². The van der Waals surface area contributed by atoms with E-state index < -0.39 is 0 Å². The molecule has 2 fully saturated rings. The maximum Gasteiger partial charge on any atom is 0.221 e. The molecule has 1 aromatic carbocycles. The first-order valence-corrected chi connectivity index (χ1v) is 9.86. The van der Waals surface area contributed by atoms with Gasteiger partial charge >= 0.3 is 0 Å². The van der Waals surface area contributed by atoms with E-state index in [1.54, 1.807) is 0 Å². The summed E-state index contributed by atoms with van der Waals surface area (Å²) in [5.74, 6) is 3.45. The molecule has 2 heterocycles. The molecule has 1 saturated carbocycles. The number of H-pyrrole nitrogens is 1. The molecule has 0 bridgehead atoms. The molecule has 0 unspecified atom stereocenters. The first-order valence-electron chi connectivity index (χ1n) is 9.86. The number of aromatic amines is 1. The number of likely N-dealkylation sites (tertiary alicyclic amines) is 1. The Morgan fingerprint density at radius 3 is 2.77 bits per heavy atom. The number of benzene rings is 1. The van der Waals surface area contributed by atoms with Crippen molar-refractivity contribution in [3.8, 4) is 5.75 Å². The molecule has 2 N–H and O–H groups in total. The van der Waals surface area contributed by atoms with Crippen LogP contribution in [-0.2, 0) is 4.79 Å². The Morgan fingerprint density at radius 2 is 2.08 bits per heavy atom. The van der Waals surface area contributed by atoms with Crippen LogP contribution < -0.4 is 10.1 Å². The molecular formula is C21H29N3O2. The van der Waals surface area contributed by atoms with Crippen LogP contribution in [0.5, 0.6) is 5.75 Å². The predicted octanol–water partition coefficient (Wildman–Crippen LogP) is 3.87. The molecule has 5 heteroatoms. The Kier molecular flexibility index (Phi) is 4.90. The molecule has 2 aromatic rings. The number of rotatable bonds is 6. The van der Waals surface area contributed by atoms with Crippen LogP contribution in [0.25, 0.3) is 10.9 Å². The van der Waals surface area contributed by atoms with Gasteiger partial charge in [-0.15, -0.1) is 0 Å². The van der Waals surface area contributed by atoms with Crippen molar-refractivity contribution >= 4 is 22.5 Å². The van der Waals surface area contributed by atoms with Gasteiger partial charge in [0.25, 0.3) is 0 Å². The first kappa shape index (κ1) is 17.4. The summed E-state index contributed by atoms with van der Waals surface area (Å²) in [6.45, 7) is 8.36. The summed E-state index contributed by atoms with van der Waals surface area (Å²) in [5.41, 5.74) is 1.81. The topological polar surface area (TPSA) is 57.4 Å². The van der Waals surface area contributed by atoms with Gasteiger partial charge in [0.15, 0.2) is 0 Å². The normalized spacial score (nSPS) is 25.5. The maximum absolute atomic E-state index is 11.3. The minimum atomic E-state index is -0.0642. The number of hydrogen-bond donors (Lipinski definition) is 2. The summed E-state index contributed by atoms with van der Waals surface area (Å²) >= 11 is 0. The maximum atomic E-state index is 11.3. The number of carbonyl (C=O) groups excluding carboxylic acids is 1. The molecule has 2 aliphatic rings. The van der Waals surface area contributed by atoms with Crippen LogP contribution in [-0.4, -0.2) is 42.0 Å². The fourth-order valence-electron chi connectivity index (χ4n) is 4.84. The molecule has 1 aromatic heterocycles. The van der Waals surface area contributed by atoms with E-state index in [4.69, 9.17) is 4.74 Å². The third kappa shape index (κ3) is 3.58. The summed E-state index contributed by atoms with van der Waals surface area (Å²) < 4.78 is 6.03. The highest BCUT2D eigenvalue weighted by molar-refractivity contribution is 6.01. The van der Waals surface area contributed by atoms with Gasteiger partial charge in [-0.1, -0.05) is 6.92 Å². The Labute approximate surface area is 155 Å². The molecule has 26 heavy (non-hydrogen) atoms. The molecule has 1 saturated heterocycles. The highest BCUT2D eigenvalue weighted by Gasteiger charge is 2.39. The minimum Gasteiger partial charge on any atom is -0.494 e. The Hall–Kier alpha value is -2.01. The van der Waals surface area contributed by atoms with E-state index in [-0.39, 0.29) is 5.91 Å². The van der Waals surface area contributed by atoms with Gasteiger partial charge < -0.3 is 19.9 Å². The van der Waals surface area contributed by atoms with Crippen LogP contribution in [0.15, 0.2) is 24.4 Å². The number of ether oxygens (including phenoxy) is 1. The summed E-state index contributed by atoms with van der Waals surface area (Å²) in [7, 11) is 0. The van der Waals surface area contributed by atoms with E-state index in [9.17, 15) is 4.79 Å². The molecule has 1 aliphatic carbocycles. The van der Waals surface area contributed by atoms with Crippen molar-refractivity contribution in [2.45, 2.75) is 33.1 Å². The number of hydrogen-bond acceptors (Lipinski definition) is 3. The van der Waals surface area contributed by atoms with Crippen molar-refractivity contribution in [3.63, 3.8) is 0 Å². The lowest BCUT2D eigenvalue weighted by Gasteiger charge is -2.17. The van der Waals surface area contributed by atoms with Crippen LogP contribution in [0.3, 0.4) is 0 Å². The lowest BCUT2D eigenvalue weighted by molar-refractivity contribution is -0.114. The van der Waals surface area contributed by atoms with Crippen LogP contribution in [0.2, 0.25) is 0 Å². The first-order chi connectivity index (χ1) is 12.6. The molecule has 0 radical (unpaired) electrons. The number of carbonyl (C=O) groups is 1. The summed E-state index contributed by atoms with van der Waals surface area (Å²) in [4.78, 5) is 17.1. The second kappa shape index (κ2) is 7.31. The van der Waals surface area contributed by atoms with Crippen molar-refractivity contribution in [2.24, 2.45) is 17.8 Å². The van der Waals surface area contributed by atoms with Gasteiger partial charge in [0, 0.05) is 37.1 Å². The number of anilines is 1. The number of aromatic nitrogens is 1. The predicted molar refractivity (Wildman–Crippen MR) is 105 cm³/mol. The fraction of sp³-hybridized carbons (Fsp3) is 0.571. The highest BCUT2D eigenvalue weighted by Crippen LogP contribution is 2.42.